The molecule has 0 atom stereocenters. The van der Waals surface area contributed by atoms with Crippen LogP contribution in [0.25, 0.3) is 0 Å². The third kappa shape index (κ3) is 3.39. The molecule has 1 N–H and O–H groups in total. The molecule has 1 saturated heterocycles. The van der Waals surface area contributed by atoms with Crippen LogP contribution in [0.3, 0.4) is 0 Å². The number of benzene rings is 2. The monoisotopic (exact) mass is 364 g/mol. The molecule has 0 unspecified atom stereocenters. The minimum absolute atomic E-state index is 0.0656. The number of rotatable bonds is 4. The number of amides is 1. The molecule has 3 rings (SSSR count). The molecule has 7 heteroatoms. The number of sulfonamides is 1. The van der Waals surface area contributed by atoms with Crippen LogP contribution < -0.4 is 9.62 Å². The number of anilines is 2. The predicted octanol–water partition coefficient (Wildman–Crippen LogP) is 3.58. The number of halogens is 1. The van der Waals surface area contributed by atoms with Gasteiger partial charge >= 0.3 is 0 Å². The molecule has 126 valence electrons. The van der Waals surface area contributed by atoms with Crippen LogP contribution >= 0.6 is 11.6 Å². The molecule has 24 heavy (non-hydrogen) atoms. The van der Waals surface area contributed by atoms with Crippen LogP contribution in [-0.2, 0) is 14.8 Å². The topological polar surface area (TPSA) is 66.5 Å². The zero-order valence-corrected chi connectivity index (χ0v) is 14.7. The lowest BCUT2D eigenvalue weighted by molar-refractivity contribution is -0.117. The Balaban J connectivity index is 1.90. The first-order chi connectivity index (χ1) is 11.4. The minimum Gasteiger partial charge on any atom is -0.312 e. The van der Waals surface area contributed by atoms with Crippen molar-refractivity contribution in [2.24, 2.45) is 0 Å². The van der Waals surface area contributed by atoms with Crippen LogP contribution in [0.2, 0.25) is 5.02 Å². The highest BCUT2D eigenvalue weighted by Gasteiger charge is 2.24. The van der Waals surface area contributed by atoms with E-state index >= 15 is 0 Å². The van der Waals surface area contributed by atoms with Gasteiger partial charge in [-0.25, -0.2) is 8.42 Å². The molecule has 1 amide bonds. The van der Waals surface area contributed by atoms with Gasteiger partial charge in [0, 0.05) is 23.7 Å². The predicted molar refractivity (Wildman–Crippen MR) is 95.0 cm³/mol. The average molecular weight is 365 g/mol. The molecule has 0 radical (unpaired) electrons. The summed E-state index contributed by atoms with van der Waals surface area (Å²) in [6, 6.07) is 11.1. The molecule has 1 fully saturated rings. The first-order valence-electron chi connectivity index (χ1n) is 7.56. The van der Waals surface area contributed by atoms with Crippen LogP contribution in [-0.4, -0.2) is 20.9 Å². The summed E-state index contributed by atoms with van der Waals surface area (Å²) < 4.78 is 27.5. The van der Waals surface area contributed by atoms with Crippen LogP contribution in [0.4, 0.5) is 11.4 Å². The van der Waals surface area contributed by atoms with Gasteiger partial charge in [-0.15, -0.1) is 0 Å². The van der Waals surface area contributed by atoms with E-state index in [0.717, 1.165) is 17.7 Å². The third-order valence-electron chi connectivity index (χ3n) is 3.95. The number of aryl methyl sites for hydroxylation is 1. The minimum atomic E-state index is -3.71. The lowest BCUT2D eigenvalue weighted by Crippen LogP contribution is -2.24. The molecule has 2 aromatic carbocycles. The molecule has 0 aromatic heterocycles. The highest BCUT2D eigenvalue weighted by molar-refractivity contribution is 7.92. The van der Waals surface area contributed by atoms with Gasteiger partial charge in [0.1, 0.15) is 0 Å². The van der Waals surface area contributed by atoms with E-state index in [0.29, 0.717) is 23.7 Å². The Hall–Kier alpha value is -2.05. The fourth-order valence-corrected chi connectivity index (χ4v) is 3.87. The first kappa shape index (κ1) is 16.8. The summed E-state index contributed by atoms with van der Waals surface area (Å²) in [6.07, 6.45) is 1.35. The standard InChI is InChI=1S/C17H17ClN2O3S/c1-12-4-7-14(11-16(12)20-10-2-3-17(20)21)19-24(22,23)15-8-5-13(18)6-9-15/h4-9,11,19H,2-3,10H2,1H3. The number of hydrogen-bond donors (Lipinski definition) is 1. The summed E-state index contributed by atoms with van der Waals surface area (Å²) in [6.45, 7) is 2.56. The second kappa shape index (κ2) is 6.45. The first-order valence-corrected chi connectivity index (χ1v) is 9.42. The van der Waals surface area contributed by atoms with Crippen molar-refractivity contribution in [1.82, 2.24) is 0 Å². The van der Waals surface area contributed by atoms with Gasteiger partial charge in [0.05, 0.1) is 10.6 Å². The molecular weight excluding hydrogens is 348 g/mol. The van der Waals surface area contributed by atoms with E-state index in [2.05, 4.69) is 4.72 Å². The number of nitrogens with one attached hydrogen (secondary N) is 1. The van der Waals surface area contributed by atoms with Gasteiger partial charge in [-0.05, 0) is 55.3 Å². The van der Waals surface area contributed by atoms with Gasteiger partial charge in [-0.3, -0.25) is 9.52 Å². The lowest BCUT2D eigenvalue weighted by atomic mass is 10.1. The molecule has 1 aliphatic heterocycles. The molecule has 0 spiro atoms. The normalized spacial score (nSPS) is 14.9. The quantitative estimate of drug-likeness (QED) is 0.901. The number of carbonyl (C=O) groups is 1. The summed E-state index contributed by atoms with van der Waals surface area (Å²) in [7, 11) is -3.71. The number of carbonyl (C=O) groups excluding carboxylic acids is 1. The van der Waals surface area contributed by atoms with E-state index in [4.69, 9.17) is 11.6 Å². The Labute approximate surface area is 146 Å². The summed E-state index contributed by atoms with van der Waals surface area (Å²) in [4.78, 5) is 13.8. The van der Waals surface area contributed by atoms with Crippen LogP contribution in [0, 0.1) is 6.92 Å². The van der Waals surface area contributed by atoms with Gasteiger partial charge in [-0.2, -0.15) is 0 Å². The van der Waals surface area contributed by atoms with E-state index in [1.807, 2.05) is 6.92 Å². The van der Waals surface area contributed by atoms with Gasteiger partial charge in [0.2, 0.25) is 5.91 Å². The van der Waals surface area contributed by atoms with Crippen molar-refractivity contribution in [3.8, 4) is 0 Å². The largest absolute Gasteiger partial charge is 0.312 e. The van der Waals surface area contributed by atoms with Gasteiger partial charge in [0.25, 0.3) is 10.0 Å². The summed E-state index contributed by atoms with van der Waals surface area (Å²) in [5.74, 6) is 0.0656. The van der Waals surface area contributed by atoms with E-state index in [1.165, 1.54) is 24.3 Å². The second-order valence-electron chi connectivity index (χ2n) is 5.71. The molecule has 1 heterocycles. The third-order valence-corrected chi connectivity index (χ3v) is 5.60. The zero-order valence-electron chi connectivity index (χ0n) is 13.1. The van der Waals surface area contributed by atoms with Crippen molar-refractivity contribution in [2.45, 2.75) is 24.7 Å². The molecule has 5 nitrogen and oxygen atoms in total. The molecular formula is C17H17ClN2O3S. The van der Waals surface area contributed by atoms with Crippen molar-refractivity contribution in [3.63, 3.8) is 0 Å². The Morgan fingerprint density at radius 2 is 1.83 bits per heavy atom. The summed E-state index contributed by atoms with van der Waals surface area (Å²) in [5.41, 5.74) is 2.10. The van der Waals surface area contributed by atoms with Crippen molar-refractivity contribution in [2.75, 3.05) is 16.2 Å². The molecule has 1 aliphatic rings. The van der Waals surface area contributed by atoms with Crippen molar-refractivity contribution >= 4 is 38.9 Å². The Kier molecular flexibility index (Phi) is 4.51. The maximum absolute atomic E-state index is 12.5. The fourth-order valence-electron chi connectivity index (χ4n) is 2.69. The van der Waals surface area contributed by atoms with Gasteiger partial charge in [-0.1, -0.05) is 17.7 Å². The average Bonchev–Trinajstić information content (AvgIpc) is 2.95. The second-order valence-corrected chi connectivity index (χ2v) is 7.83. The summed E-state index contributed by atoms with van der Waals surface area (Å²) >= 11 is 5.79. The molecule has 0 bridgehead atoms. The zero-order chi connectivity index (χ0) is 17.3. The maximum Gasteiger partial charge on any atom is 0.261 e. The van der Waals surface area contributed by atoms with Crippen LogP contribution in [0.1, 0.15) is 18.4 Å². The maximum atomic E-state index is 12.5. The van der Waals surface area contributed by atoms with Gasteiger partial charge in [0.15, 0.2) is 0 Å². The fraction of sp³-hybridized carbons (Fsp3) is 0.235. The highest BCUT2D eigenvalue weighted by atomic mass is 35.5. The van der Waals surface area contributed by atoms with E-state index in [1.54, 1.807) is 23.1 Å². The molecule has 0 aliphatic carbocycles. The smallest absolute Gasteiger partial charge is 0.261 e. The van der Waals surface area contributed by atoms with E-state index in [-0.39, 0.29) is 10.8 Å². The highest BCUT2D eigenvalue weighted by Crippen LogP contribution is 2.29. The van der Waals surface area contributed by atoms with Crippen molar-refractivity contribution in [3.05, 3.63) is 53.1 Å². The molecule has 2 aromatic rings. The van der Waals surface area contributed by atoms with Crippen molar-refractivity contribution < 1.29 is 13.2 Å². The lowest BCUT2D eigenvalue weighted by Gasteiger charge is -2.19. The van der Waals surface area contributed by atoms with Crippen LogP contribution in [0.15, 0.2) is 47.4 Å². The Morgan fingerprint density at radius 1 is 1.12 bits per heavy atom. The Morgan fingerprint density at radius 3 is 2.46 bits per heavy atom. The van der Waals surface area contributed by atoms with E-state index < -0.39 is 10.0 Å². The van der Waals surface area contributed by atoms with Crippen molar-refractivity contribution in [1.29, 1.82) is 0 Å². The number of nitrogens with zero attached hydrogens (tertiary/aromatic N) is 1. The SMILES string of the molecule is Cc1ccc(NS(=O)(=O)c2ccc(Cl)cc2)cc1N1CCCC1=O. The Bertz CT molecular complexity index is 879. The summed E-state index contributed by atoms with van der Waals surface area (Å²) in [5, 5.41) is 0.471. The van der Waals surface area contributed by atoms with E-state index in [9.17, 15) is 13.2 Å². The van der Waals surface area contributed by atoms with Crippen LogP contribution in [0.5, 0.6) is 0 Å². The van der Waals surface area contributed by atoms with Gasteiger partial charge < -0.3 is 4.90 Å². The number of hydrogen-bond acceptors (Lipinski definition) is 3. The molecule has 0 saturated carbocycles.